The highest BCUT2D eigenvalue weighted by Gasteiger charge is 2.41. The maximum atomic E-state index is 13.9. The van der Waals surface area contributed by atoms with Crippen molar-refractivity contribution < 1.29 is 19.1 Å². The van der Waals surface area contributed by atoms with Gasteiger partial charge in [0.25, 0.3) is 5.91 Å². The molecule has 2 aromatic rings. The van der Waals surface area contributed by atoms with Crippen LogP contribution in [0.3, 0.4) is 0 Å². The molecule has 0 aliphatic carbocycles. The summed E-state index contributed by atoms with van der Waals surface area (Å²) in [5, 5.41) is 6.30. The minimum atomic E-state index is -0.508. The van der Waals surface area contributed by atoms with Crippen LogP contribution in [-0.2, 0) is 19.1 Å². The third-order valence-corrected chi connectivity index (χ3v) is 8.69. The number of rotatable bonds is 7. The van der Waals surface area contributed by atoms with Gasteiger partial charge in [0.1, 0.15) is 0 Å². The average Bonchev–Trinajstić information content (AvgIpc) is 3.35. The van der Waals surface area contributed by atoms with Crippen molar-refractivity contribution in [3.63, 3.8) is 0 Å². The van der Waals surface area contributed by atoms with E-state index in [4.69, 9.17) is 21.3 Å². The van der Waals surface area contributed by atoms with E-state index in [0.29, 0.717) is 47.6 Å². The van der Waals surface area contributed by atoms with Gasteiger partial charge in [0, 0.05) is 29.5 Å². The van der Waals surface area contributed by atoms with Crippen LogP contribution in [0.15, 0.2) is 75.9 Å². The Morgan fingerprint density at radius 2 is 1.88 bits per heavy atom. The summed E-state index contributed by atoms with van der Waals surface area (Å²) in [6.45, 7) is 6.84. The number of anilines is 1. The number of hydrogen-bond donors (Lipinski definition) is 1. The van der Waals surface area contributed by atoms with Crippen LogP contribution in [-0.4, -0.2) is 52.4 Å². The molecule has 0 aromatic heterocycles. The third kappa shape index (κ3) is 6.21. The number of thioether (sulfide) groups is 1. The molecule has 3 aliphatic rings. The highest BCUT2D eigenvalue weighted by molar-refractivity contribution is 8.16. The van der Waals surface area contributed by atoms with Crippen molar-refractivity contribution >= 4 is 52.0 Å². The fraction of sp³-hybridized carbons (Fsp3) is 0.355. The van der Waals surface area contributed by atoms with Crippen molar-refractivity contribution in [1.82, 2.24) is 9.80 Å². The molecule has 0 spiro atoms. The number of allylic oxidation sites excluding steroid dienone is 1. The number of ether oxygens (including phenoxy) is 1. The Bertz CT molecular complexity index is 1450. The van der Waals surface area contributed by atoms with Gasteiger partial charge in [-0.15, -0.1) is 0 Å². The number of carbonyl (C=O) groups excluding carboxylic acids is 3. The van der Waals surface area contributed by atoms with Crippen LogP contribution in [0.4, 0.5) is 5.69 Å². The monoisotopic (exact) mass is 592 g/mol. The predicted octanol–water partition coefficient (Wildman–Crippen LogP) is 6.05. The minimum absolute atomic E-state index is 0.0702. The van der Waals surface area contributed by atoms with E-state index in [-0.39, 0.29) is 30.1 Å². The summed E-state index contributed by atoms with van der Waals surface area (Å²) in [7, 11) is 0. The van der Waals surface area contributed by atoms with Crippen LogP contribution in [0.1, 0.15) is 50.3 Å². The van der Waals surface area contributed by atoms with Crippen molar-refractivity contribution in [2.24, 2.45) is 10.9 Å². The first-order valence-corrected chi connectivity index (χ1v) is 15.0. The summed E-state index contributed by atoms with van der Waals surface area (Å²) in [6, 6.07) is 14.5. The third-order valence-electron chi connectivity index (χ3n) is 7.55. The molecular weight excluding hydrogens is 560 g/mol. The number of halogens is 1. The minimum Gasteiger partial charge on any atom is -0.466 e. The molecule has 10 heteroatoms. The lowest BCUT2D eigenvalue weighted by Crippen LogP contribution is -2.44. The molecule has 2 unspecified atom stereocenters. The molecule has 214 valence electrons. The Labute approximate surface area is 249 Å². The van der Waals surface area contributed by atoms with E-state index in [2.05, 4.69) is 5.32 Å². The number of fused-ring (bicyclic) bond motifs is 1. The average molecular weight is 593 g/mol. The van der Waals surface area contributed by atoms with Crippen molar-refractivity contribution in [1.29, 1.82) is 0 Å². The number of likely N-dealkylation sites (tertiary alicyclic amines) is 1. The molecule has 0 saturated carbocycles. The van der Waals surface area contributed by atoms with E-state index in [1.54, 1.807) is 24.0 Å². The van der Waals surface area contributed by atoms with Crippen LogP contribution in [0, 0.1) is 12.8 Å². The molecule has 3 heterocycles. The van der Waals surface area contributed by atoms with Gasteiger partial charge in [0.05, 0.1) is 36.3 Å². The number of nitrogens with zero attached hydrogens (tertiary/aromatic N) is 3. The molecule has 2 amide bonds. The van der Waals surface area contributed by atoms with Crippen LogP contribution >= 0.6 is 23.4 Å². The summed E-state index contributed by atoms with van der Waals surface area (Å²) in [4.78, 5) is 48.3. The van der Waals surface area contributed by atoms with Gasteiger partial charge in [-0.2, -0.15) is 0 Å². The molecule has 2 atom stereocenters. The highest BCUT2D eigenvalue weighted by Crippen LogP contribution is 2.45. The molecule has 2 aromatic carbocycles. The maximum Gasteiger partial charge on any atom is 0.310 e. The largest absolute Gasteiger partial charge is 0.466 e. The normalized spacial score (nSPS) is 20.3. The second-order valence-electron chi connectivity index (χ2n) is 10.3. The lowest BCUT2D eigenvalue weighted by Gasteiger charge is -2.37. The van der Waals surface area contributed by atoms with Crippen molar-refractivity contribution in [2.75, 3.05) is 25.0 Å². The standard InChI is InChI=1S/C31H33ClN4O4S/c1-4-40-30(39)22-9-7-15-35(17-22)26(37)16-24-18-41-31-33-20(3)27(29(38)34-25-10-6-5-8-19(25)2)28(36(24)31)21-11-13-23(32)14-12-21/h5-6,8,10-14,18,22,28H,4,7,9,15-17H2,1-3H3,(H,34,38). The number of amidine groups is 1. The Hall–Kier alpha value is -3.56. The highest BCUT2D eigenvalue weighted by atomic mass is 35.5. The fourth-order valence-electron chi connectivity index (χ4n) is 5.45. The molecule has 0 bridgehead atoms. The zero-order valence-corrected chi connectivity index (χ0v) is 24.9. The molecule has 8 nitrogen and oxygen atoms in total. The number of esters is 1. The number of aryl methyl sites for hydroxylation is 1. The molecule has 3 aliphatic heterocycles. The first-order valence-electron chi connectivity index (χ1n) is 13.8. The number of nitrogens with one attached hydrogen (secondary N) is 1. The van der Waals surface area contributed by atoms with Crippen LogP contribution < -0.4 is 5.32 Å². The number of amides is 2. The van der Waals surface area contributed by atoms with E-state index in [9.17, 15) is 14.4 Å². The van der Waals surface area contributed by atoms with E-state index in [1.807, 2.05) is 60.6 Å². The Morgan fingerprint density at radius 1 is 1.12 bits per heavy atom. The maximum absolute atomic E-state index is 13.9. The van der Waals surface area contributed by atoms with Crippen LogP contribution in [0.5, 0.6) is 0 Å². The molecule has 41 heavy (non-hydrogen) atoms. The topological polar surface area (TPSA) is 91.3 Å². The Balaban J connectivity index is 1.43. The van der Waals surface area contributed by atoms with Gasteiger partial charge >= 0.3 is 5.97 Å². The smallest absolute Gasteiger partial charge is 0.310 e. The number of carbonyl (C=O) groups is 3. The van der Waals surface area contributed by atoms with Crippen LogP contribution in [0.2, 0.25) is 5.02 Å². The van der Waals surface area contributed by atoms with Gasteiger partial charge in [-0.1, -0.05) is 53.7 Å². The molecule has 1 N–H and O–H groups in total. The van der Waals surface area contributed by atoms with Crippen molar-refractivity contribution in [2.45, 2.75) is 46.1 Å². The fourth-order valence-corrected chi connectivity index (χ4v) is 6.54. The first-order chi connectivity index (χ1) is 19.8. The molecule has 1 fully saturated rings. The zero-order chi connectivity index (χ0) is 29.1. The number of hydrogen-bond acceptors (Lipinski definition) is 7. The predicted molar refractivity (Wildman–Crippen MR) is 162 cm³/mol. The number of aliphatic imine (C=N–C) groups is 1. The van der Waals surface area contributed by atoms with E-state index in [1.165, 1.54) is 11.8 Å². The van der Waals surface area contributed by atoms with Gasteiger partial charge in [0.15, 0.2) is 5.17 Å². The second kappa shape index (κ2) is 12.5. The first kappa shape index (κ1) is 29.0. The SMILES string of the molecule is CCOC(=O)C1CCCN(C(=O)CC2=CSC3=NC(C)=C(C(=O)Nc4ccccc4C)C(c4ccc(Cl)cc4)N23)C1. The molecule has 5 rings (SSSR count). The second-order valence-corrected chi connectivity index (χ2v) is 11.6. The molecular formula is C31H33ClN4O4S. The lowest BCUT2D eigenvalue weighted by molar-refractivity contribution is -0.151. The van der Waals surface area contributed by atoms with Gasteiger partial charge in [-0.05, 0) is 68.3 Å². The van der Waals surface area contributed by atoms with Gasteiger partial charge in [-0.25, -0.2) is 4.99 Å². The van der Waals surface area contributed by atoms with Gasteiger partial charge < -0.3 is 19.9 Å². The van der Waals surface area contributed by atoms with E-state index in [0.717, 1.165) is 28.9 Å². The lowest BCUT2D eigenvalue weighted by atomic mass is 9.93. The Morgan fingerprint density at radius 3 is 2.61 bits per heavy atom. The summed E-state index contributed by atoms with van der Waals surface area (Å²) in [5.41, 5.74) is 4.41. The molecule has 1 saturated heterocycles. The van der Waals surface area contributed by atoms with Gasteiger partial charge in [-0.3, -0.25) is 14.4 Å². The molecule has 0 radical (unpaired) electrons. The summed E-state index contributed by atoms with van der Waals surface area (Å²) in [5.74, 6) is -0.885. The summed E-state index contributed by atoms with van der Waals surface area (Å²) in [6.07, 6.45) is 1.58. The zero-order valence-electron chi connectivity index (χ0n) is 23.4. The number of para-hydroxylation sites is 1. The Kier molecular flexibility index (Phi) is 8.85. The number of benzene rings is 2. The van der Waals surface area contributed by atoms with E-state index >= 15 is 0 Å². The quantitative estimate of drug-likeness (QED) is 0.393. The summed E-state index contributed by atoms with van der Waals surface area (Å²) >= 11 is 7.66. The summed E-state index contributed by atoms with van der Waals surface area (Å²) < 4.78 is 5.21. The number of piperidine rings is 1. The van der Waals surface area contributed by atoms with Crippen molar-refractivity contribution in [3.8, 4) is 0 Å². The van der Waals surface area contributed by atoms with Crippen LogP contribution in [0.25, 0.3) is 0 Å². The van der Waals surface area contributed by atoms with Gasteiger partial charge in [0.2, 0.25) is 5.91 Å². The van der Waals surface area contributed by atoms with Crippen molar-refractivity contribution in [3.05, 3.63) is 87.1 Å². The van der Waals surface area contributed by atoms with E-state index < -0.39 is 6.04 Å².